The maximum Gasteiger partial charge on any atom is 0.0623 e. The Labute approximate surface area is 47.6 Å². The third-order valence-electron chi connectivity index (χ3n) is 0.691. The standard InChI is InChI=1S/C4H6N2S/c1-6-3-4(7)2-5-6/h2-3,7H,1H3. The molecule has 38 valence electrons. The summed E-state index contributed by atoms with van der Waals surface area (Å²) in [7, 11) is 1.86. The summed E-state index contributed by atoms with van der Waals surface area (Å²) in [4.78, 5) is 0.905. The minimum absolute atomic E-state index is 0.905. The van der Waals surface area contributed by atoms with E-state index in [4.69, 9.17) is 0 Å². The van der Waals surface area contributed by atoms with Gasteiger partial charge in [-0.05, 0) is 0 Å². The monoisotopic (exact) mass is 114 g/mol. The van der Waals surface area contributed by atoms with Crippen LogP contribution in [0.15, 0.2) is 17.3 Å². The Kier molecular flexibility index (Phi) is 1.06. The van der Waals surface area contributed by atoms with Crippen molar-refractivity contribution in [2.75, 3.05) is 0 Å². The molecule has 0 spiro atoms. The lowest BCUT2D eigenvalue weighted by atomic mass is 10.7. The van der Waals surface area contributed by atoms with Crippen LogP contribution in [-0.2, 0) is 7.05 Å². The van der Waals surface area contributed by atoms with Crippen LogP contribution < -0.4 is 0 Å². The van der Waals surface area contributed by atoms with Crippen molar-refractivity contribution >= 4 is 12.6 Å². The molecule has 0 unspecified atom stereocenters. The van der Waals surface area contributed by atoms with Crippen molar-refractivity contribution < 1.29 is 0 Å². The molecule has 1 aromatic rings. The SMILES string of the molecule is Cn1cc(S)cn1. The smallest absolute Gasteiger partial charge is 0.0623 e. The summed E-state index contributed by atoms with van der Waals surface area (Å²) in [6.45, 7) is 0. The highest BCUT2D eigenvalue weighted by Crippen LogP contribution is 1.98. The predicted molar refractivity (Wildman–Crippen MR) is 30.5 cm³/mol. The van der Waals surface area contributed by atoms with E-state index in [-0.39, 0.29) is 0 Å². The first-order chi connectivity index (χ1) is 3.29. The molecule has 1 heterocycles. The molecule has 0 aliphatic carbocycles. The van der Waals surface area contributed by atoms with E-state index >= 15 is 0 Å². The van der Waals surface area contributed by atoms with E-state index in [1.807, 2.05) is 13.2 Å². The number of hydrogen-bond donors (Lipinski definition) is 1. The van der Waals surface area contributed by atoms with Crippen molar-refractivity contribution in [2.45, 2.75) is 4.90 Å². The van der Waals surface area contributed by atoms with Gasteiger partial charge in [0.2, 0.25) is 0 Å². The minimum Gasteiger partial charge on any atom is -0.275 e. The molecule has 0 aliphatic rings. The van der Waals surface area contributed by atoms with E-state index < -0.39 is 0 Å². The van der Waals surface area contributed by atoms with Crippen molar-refractivity contribution in [3.8, 4) is 0 Å². The summed E-state index contributed by atoms with van der Waals surface area (Å²) in [5.41, 5.74) is 0. The highest BCUT2D eigenvalue weighted by molar-refractivity contribution is 7.80. The fourth-order valence-corrected chi connectivity index (χ4v) is 0.627. The summed E-state index contributed by atoms with van der Waals surface area (Å²) in [6, 6.07) is 0. The fourth-order valence-electron chi connectivity index (χ4n) is 0.408. The van der Waals surface area contributed by atoms with Gasteiger partial charge in [0.1, 0.15) is 0 Å². The predicted octanol–water partition coefficient (Wildman–Crippen LogP) is 0.709. The molecule has 0 radical (unpaired) electrons. The van der Waals surface area contributed by atoms with Crippen LogP contribution >= 0.6 is 12.6 Å². The molecule has 0 aromatic carbocycles. The van der Waals surface area contributed by atoms with Crippen LogP contribution in [0.2, 0.25) is 0 Å². The molecule has 0 fully saturated rings. The zero-order valence-corrected chi connectivity index (χ0v) is 4.89. The van der Waals surface area contributed by atoms with Gasteiger partial charge in [-0.25, -0.2) is 0 Å². The van der Waals surface area contributed by atoms with E-state index in [1.165, 1.54) is 0 Å². The molecule has 0 amide bonds. The zero-order chi connectivity index (χ0) is 5.28. The molecule has 1 rings (SSSR count). The van der Waals surface area contributed by atoms with Gasteiger partial charge in [0, 0.05) is 18.1 Å². The van der Waals surface area contributed by atoms with E-state index in [2.05, 4.69) is 17.7 Å². The lowest BCUT2D eigenvalue weighted by Gasteiger charge is -1.78. The Bertz CT molecular complexity index is 142. The van der Waals surface area contributed by atoms with Crippen molar-refractivity contribution in [3.05, 3.63) is 12.4 Å². The van der Waals surface area contributed by atoms with Gasteiger partial charge in [-0.2, -0.15) is 5.10 Å². The number of thiol groups is 1. The maximum atomic E-state index is 4.02. The Morgan fingerprint density at radius 2 is 2.57 bits per heavy atom. The van der Waals surface area contributed by atoms with E-state index in [9.17, 15) is 0 Å². The largest absolute Gasteiger partial charge is 0.275 e. The van der Waals surface area contributed by atoms with Crippen LogP contribution in [0.3, 0.4) is 0 Å². The summed E-state index contributed by atoms with van der Waals surface area (Å²) in [5, 5.41) is 3.86. The van der Waals surface area contributed by atoms with Crippen molar-refractivity contribution in [1.82, 2.24) is 9.78 Å². The third kappa shape index (κ3) is 0.962. The molecular weight excluding hydrogens is 108 g/mol. The summed E-state index contributed by atoms with van der Waals surface area (Å²) < 4.78 is 1.71. The van der Waals surface area contributed by atoms with Gasteiger partial charge in [-0.3, -0.25) is 4.68 Å². The zero-order valence-electron chi connectivity index (χ0n) is 4.00. The second-order valence-corrected chi connectivity index (χ2v) is 1.89. The van der Waals surface area contributed by atoms with Crippen LogP contribution in [0, 0.1) is 0 Å². The van der Waals surface area contributed by atoms with E-state index in [1.54, 1.807) is 10.9 Å². The normalized spacial score (nSPS) is 9.43. The first kappa shape index (κ1) is 4.71. The molecule has 0 N–H and O–H groups in total. The topological polar surface area (TPSA) is 17.8 Å². The highest BCUT2D eigenvalue weighted by atomic mass is 32.1. The second-order valence-electron chi connectivity index (χ2n) is 1.37. The lowest BCUT2D eigenvalue weighted by Crippen LogP contribution is -1.83. The molecule has 1 aromatic heterocycles. The molecule has 0 aliphatic heterocycles. The molecule has 2 nitrogen and oxygen atoms in total. The maximum absolute atomic E-state index is 4.02. The van der Waals surface area contributed by atoms with Crippen molar-refractivity contribution in [1.29, 1.82) is 0 Å². The average Bonchev–Trinajstić information content (AvgIpc) is 1.87. The van der Waals surface area contributed by atoms with Gasteiger partial charge in [0.05, 0.1) is 6.20 Å². The van der Waals surface area contributed by atoms with Crippen LogP contribution in [0.4, 0.5) is 0 Å². The van der Waals surface area contributed by atoms with Gasteiger partial charge in [-0.1, -0.05) is 0 Å². The minimum atomic E-state index is 0.905. The quantitative estimate of drug-likeness (QED) is 0.492. The van der Waals surface area contributed by atoms with Crippen molar-refractivity contribution in [3.63, 3.8) is 0 Å². The Balaban J connectivity index is 3.04. The highest BCUT2D eigenvalue weighted by Gasteiger charge is 1.82. The lowest BCUT2D eigenvalue weighted by molar-refractivity contribution is 0.766. The molecule has 0 saturated carbocycles. The summed E-state index contributed by atoms with van der Waals surface area (Å²) in [5.74, 6) is 0. The van der Waals surface area contributed by atoms with Gasteiger partial charge in [-0.15, -0.1) is 12.6 Å². The van der Waals surface area contributed by atoms with E-state index in [0.29, 0.717) is 0 Å². The summed E-state index contributed by atoms with van der Waals surface area (Å²) >= 11 is 4.02. The first-order valence-corrected chi connectivity index (χ1v) is 2.41. The number of aryl methyl sites for hydroxylation is 1. The fraction of sp³-hybridized carbons (Fsp3) is 0.250. The average molecular weight is 114 g/mol. The van der Waals surface area contributed by atoms with Gasteiger partial charge < -0.3 is 0 Å². The third-order valence-corrected chi connectivity index (χ3v) is 0.922. The first-order valence-electron chi connectivity index (χ1n) is 1.96. The molecule has 0 bridgehead atoms. The Morgan fingerprint density at radius 3 is 2.71 bits per heavy atom. The van der Waals surface area contributed by atoms with Crippen molar-refractivity contribution in [2.24, 2.45) is 7.05 Å². The number of aromatic nitrogens is 2. The van der Waals surface area contributed by atoms with Crippen LogP contribution in [0.25, 0.3) is 0 Å². The van der Waals surface area contributed by atoms with Crippen LogP contribution in [0.1, 0.15) is 0 Å². The van der Waals surface area contributed by atoms with Gasteiger partial charge >= 0.3 is 0 Å². The molecule has 7 heavy (non-hydrogen) atoms. The molecule has 3 heteroatoms. The molecular formula is C4H6N2S. The van der Waals surface area contributed by atoms with Gasteiger partial charge in [0.25, 0.3) is 0 Å². The van der Waals surface area contributed by atoms with E-state index in [0.717, 1.165) is 4.90 Å². The second kappa shape index (κ2) is 1.58. The number of hydrogen-bond acceptors (Lipinski definition) is 2. The molecule has 0 atom stereocenters. The van der Waals surface area contributed by atoms with Crippen LogP contribution in [0.5, 0.6) is 0 Å². The number of nitrogens with zero attached hydrogens (tertiary/aromatic N) is 2. The summed E-state index contributed by atoms with van der Waals surface area (Å²) in [6.07, 6.45) is 3.53. The Hall–Kier alpha value is -0.440. The van der Waals surface area contributed by atoms with Gasteiger partial charge in [0.15, 0.2) is 0 Å². The van der Waals surface area contributed by atoms with Crippen LogP contribution in [-0.4, -0.2) is 9.78 Å². The Morgan fingerprint density at radius 1 is 1.86 bits per heavy atom. The molecule has 0 saturated heterocycles. The number of rotatable bonds is 0.